The summed E-state index contributed by atoms with van der Waals surface area (Å²) in [4.78, 5) is 22.0. The van der Waals surface area contributed by atoms with Crippen LogP contribution in [-0.4, -0.2) is 48.8 Å². The van der Waals surface area contributed by atoms with Crippen LogP contribution in [0.2, 0.25) is 0 Å². The van der Waals surface area contributed by atoms with Gasteiger partial charge in [0.25, 0.3) is 0 Å². The number of hydrogen-bond donors (Lipinski definition) is 2. The van der Waals surface area contributed by atoms with Crippen LogP contribution in [0.15, 0.2) is 18.2 Å². The lowest BCUT2D eigenvalue weighted by molar-refractivity contribution is -0.140. The first-order chi connectivity index (χ1) is 11.1. The van der Waals surface area contributed by atoms with Crippen molar-refractivity contribution in [2.24, 2.45) is 0 Å². The lowest BCUT2D eigenvalue weighted by Gasteiger charge is -2.26. The zero-order valence-corrected chi connectivity index (χ0v) is 13.9. The highest BCUT2D eigenvalue weighted by Gasteiger charge is 2.32. The highest BCUT2D eigenvalue weighted by atomic mass is 32.2. The second kappa shape index (κ2) is 8.15. The Hall–Kier alpha value is -2.07. The number of rotatable bonds is 8. The van der Waals surface area contributed by atoms with Crippen LogP contribution >= 0.6 is 0 Å². The van der Waals surface area contributed by atoms with Crippen molar-refractivity contribution in [1.82, 2.24) is 9.62 Å². The third kappa shape index (κ3) is 5.24. The van der Waals surface area contributed by atoms with Crippen LogP contribution in [0.5, 0.6) is 0 Å². The Morgan fingerprint density at radius 1 is 1.29 bits per heavy atom. The van der Waals surface area contributed by atoms with E-state index in [9.17, 15) is 26.8 Å². The number of carboxylic acids is 1. The van der Waals surface area contributed by atoms with Crippen molar-refractivity contribution < 1.29 is 31.9 Å². The fourth-order valence-electron chi connectivity index (χ4n) is 1.97. The van der Waals surface area contributed by atoms with Gasteiger partial charge >= 0.3 is 5.97 Å². The van der Waals surface area contributed by atoms with Gasteiger partial charge in [0.2, 0.25) is 15.9 Å². The minimum Gasteiger partial charge on any atom is -0.480 e. The van der Waals surface area contributed by atoms with Crippen molar-refractivity contribution >= 4 is 21.9 Å². The van der Waals surface area contributed by atoms with E-state index in [1.807, 2.05) is 0 Å². The van der Waals surface area contributed by atoms with Crippen LogP contribution in [0.1, 0.15) is 19.4 Å². The molecular formula is C14H18F2N2O5S. The van der Waals surface area contributed by atoms with Crippen molar-refractivity contribution in [3.8, 4) is 0 Å². The predicted octanol–water partition coefficient (Wildman–Crippen LogP) is 0.706. The van der Waals surface area contributed by atoms with Gasteiger partial charge in [0.05, 0.1) is 5.75 Å². The Balaban J connectivity index is 3.09. The summed E-state index contributed by atoms with van der Waals surface area (Å²) in [6.07, 6.45) is 0. The van der Waals surface area contributed by atoms with Gasteiger partial charge in [-0.3, -0.25) is 9.59 Å². The Labute approximate surface area is 138 Å². The fourth-order valence-corrected chi connectivity index (χ4v) is 3.72. The molecule has 1 aromatic rings. The molecule has 1 amide bonds. The van der Waals surface area contributed by atoms with Crippen molar-refractivity contribution in [3.63, 3.8) is 0 Å². The molecule has 0 spiro atoms. The molecule has 0 aliphatic rings. The summed E-state index contributed by atoms with van der Waals surface area (Å²) in [7, 11) is -4.34. The summed E-state index contributed by atoms with van der Waals surface area (Å²) in [6, 6.07) is 1.46. The molecule has 24 heavy (non-hydrogen) atoms. The molecule has 0 bridgehead atoms. The number of hydrogen-bond acceptors (Lipinski definition) is 4. The van der Waals surface area contributed by atoms with Gasteiger partial charge in [-0.2, -0.15) is 4.31 Å². The van der Waals surface area contributed by atoms with Gasteiger partial charge in [0.1, 0.15) is 17.7 Å². The molecule has 134 valence electrons. The molecule has 1 rings (SSSR count). The van der Waals surface area contributed by atoms with E-state index < -0.39 is 50.9 Å². The monoisotopic (exact) mass is 364 g/mol. The van der Waals surface area contributed by atoms with Crippen LogP contribution in [0.4, 0.5) is 8.78 Å². The number of carbonyl (C=O) groups is 2. The highest BCUT2D eigenvalue weighted by molar-refractivity contribution is 7.88. The first-order valence-corrected chi connectivity index (χ1v) is 8.57. The van der Waals surface area contributed by atoms with E-state index in [0.29, 0.717) is 4.31 Å². The standard InChI is InChI=1S/C14H18F2N2O5S/c1-9(14(20)21)18(7-6-17-10(2)19)24(22,23)8-11-12(15)4-3-5-13(11)16/h3-5,9H,6-8H2,1-2H3,(H,17,19)(H,20,21). The first kappa shape index (κ1) is 20.0. The highest BCUT2D eigenvalue weighted by Crippen LogP contribution is 2.19. The fraction of sp³-hybridized carbons (Fsp3) is 0.429. The Morgan fingerprint density at radius 2 is 1.83 bits per heavy atom. The maximum Gasteiger partial charge on any atom is 0.321 e. The summed E-state index contributed by atoms with van der Waals surface area (Å²) in [5, 5.41) is 11.4. The van der Waals surface area contributed by atoms with Gasteiger partial charge in [0, 0.05) is 25.6 Å². The maximum absolute atomic E-state index is 13.7. The molecule has 1 aromatic carbocycles. The molecule has 1 unspecified atom stereocenters. The van der Waals surface area contributed by atoms with Crippen molar-refractivity contribution in [2.45, 2.75) is 25.6 Å². The number of nitrogens with zero attached hydrogens (tertiary/aromatic N) is 1. The number of amides is 1. The number of nitrogens with one attached hydrogen (secondary N) is 1. The first-order valence-electron chi connectivity index (χ1n) is 6.96. The number of carboxylic acid groups (broad SMARTS) is 1. The van der Waals surface area contributed by atoms with Crippen molar-refractivity contribution in [3.05, 3.63) is 35.4 Å². The molecule has 0 radical (unpaired) electrons. The SMILES string of the molecule is CC(=O)NCCN(C(C)C(=O)O)S(=O)(=O)Cc1c(F)cccc1F. The zero-order chi connectivity index (χ0) is 18.5. The van der Waals surface area contributed by atoms with Crippen LogP contribution < -0.4 is 5.32 Å². The van der Waals surface area contributed by atoms with E-state index in [-0.39, 0.29) is 13.1 Å². The maximum atomic E-state index is 13.7. The lowest BCUT2D eigenvalue weighted by Crippen LogP contribution is -2.47. The van der Waals surface area contributed by atoms with E-state index in [4.69, 9.17) is 5.11 Å². The van der Waals surface area contributed by atoms with Crippen LogP contribution in [0.25, 0.3) is 0 Å². The van der Waals surface area contributed by atoms with Crippen molar-refractivity contribution in [1.29, 1.82) is 0 Å². The molecule has 0 aliphatic heterocycles. The van der Waals surface area contributed by atoms with Gasteiger partial charge in [-0.15, -0.1) is 0 Å². The molecule has 0 aliphatic carbocycles. The van der Waals surface area contributed by atoms with Gasteiger partial charge in [-0.1, -0.05) is 6.07 Å². The normalized spacial score (nSPS) is 12.9. The molecule has 0 saturated carbocycles. The molecule has 0 saturated heterocycles. The summed E-state index contributed by atoms with van der Waals surface area (Å²) >= 11 is 0. The minimum absolute atomic E-state index is 0.133. The van der Waals surface area contributed by atoms with Gasteiger partial charge in [-0.25, -0.2) is 17.2 Å². The smallest absolute Gasteiger partial charge is 0.321 e. The van der Waals surface area contributed by atoms with Crippen LogP contribution in [0, 0.1) is 11.6 Å². The molecule has 0 fully saturated rings. The second-order valence-corrected chi connectivity index (χ2v) is 6.99. The molecule has 0 heterocycles. The topological polar surface area (TPSA) is 104 Å². The van der Waals surface area contributed by atoms with Gasteiger partial charge in [0.15, 0.2) is 0 Å². The van der Waals surface area contributed by atoms with Gasteiger partial charge < -0.3 is 10.4 Å². The van der Waals surface area contributed by atoms with Gasteiger partial charge in [-0.05, 0) is 19.1 Å². The molecule has 7 nitrogen and oxygen atoms in total. The van der Waals surface area contributed by atoms with Crippen LogP contribution in [0.3, 0.4) is 0 Å². The average molecular weight is 364 g/mol. The summed E-state index contributed by atoms with van der Waals surface area (Å²) in [5.74, 6) is -4.94. The largest absolute Gasteiger partial charge is 0.480 e. The number of halogens is 2. The van der Waals surface area contributed by atoms with E-state index in [1.165, 1.54) is 6.92 Å². The van der Waals surface area contributed by atoms with E-state index in [2.05, 4.69) is 5.32 Å². The number of carbonyl (C=O) groups excluding carboxylic acids is 1. The third-order valence-corrected chi connectivity index (χ3v) is 5.11. The van der Waals surface area contributed by atoms with Crippen molar-refractivity contribution in [2.75, 3.05) is 13.1 Å². The van der Waals surface area contributed by atoms with E-state index in [1.54, 1.807) is 0 Å². The Bertz CT molecular complexity index is 704. The summed E-state index contributed by atoms with van der Waals surface area (Å²) in [6.45, 7) is 1.87. The number of sulfonamides is 1. The van der Waals surface area contributed by atoms with Crippen LogP contribution in [-0.2, 0) is 25.4 Å². The van der Waals surface area contributed by atoms with E-state index >= 15 is 0 Å². The summed E-state index contributed by atoms with van der Waals surface area (Å²) in [5.41, 5.74) is -0.667. The zero-order valence-electron chi connectivity index (χ0n) is 13.1. The average Bonchev–Trinajstić information content (AvgIpc) is 2.46. The van der Waals surface area contributed by atoms with E-state index in [0.717, 1.165) is 25.1 Å². The number of aliphatic carboxylic acids is 1. The summed E-state index contributed by atoms with van der Waals surface area (Å²) < 4.78 is 52.8. The minimum atomic E-state index is -4.34. The number of benzene rings is 1. The quantitative estimate of drug-likeness (QED) is 0.707. The lowest BCUT2D eigenvalue weighted by atomic mass is 10.2. The predicted molar refractivity (Wildman–Crippen MR) is 81.5 cm³/mol. The third-order valence-electron chi connectivity index (χ3n) is 3.24. The Morgan fingerprint density at radius 3 is 2.29 bits per heavy atom. The second-order valence-electron chi connectivity index (χ2n) is 5.06. The molecule has 0 aromatic heterocycles. The Kier molecular flexibility index (Phi) is 6.79. The molecule has 2 N–H and O–H groups in total. The molecule has 1 atom stereocenters. The molecule has 10 heteroatoms. The molecular weight excluding hydrogens is 346 g/mol.